The molecule has 4 nitrogen and oxygen atoms in total. The fourth-order valence-corrected chi connectivity index (χ4v) is 3.19. The van der Waals surface area contributed by atoms with Gasteiger partial charge < -0.3 is 16.2 Å². The van der Waals surface area contributed by atoms with Crippen LogP contribution in [0.1, 0.15) is 25.3 Å². The standard InChI is InChI=1S/C21H24FN3O/c1-3-16(7-8-23)26-19-10-14(21-13(2)5-4-6-18(21)22)9-15-12-25-20(24)11-17(15)19/h4-6,9-12,16H,3,7-8,23H2,1-2H3,(H2,24,25). The first-order valence-corrected chi connectivity index (χ1v) is 8.85. The summed E-state index contributed by atoms with van der Waals surface area (Å²) in [6.45, 7) is 4.50. The van der Waals surface area contributed by atoms with Gasteiger partial charge in [-0.3, -0.25) is 0 Å². The van der Waals surface area contributed by atoms with E-state index in [2.05, 4.69) is 11.9 Å². The number of nitrogens with zero attached hydrogens (tertiary/aromatic N) is 1. The maximum atomic E-state index is 14.5. The lowest BCUT2D eigenvalue weighted by atomic mass is 9.97. The van der Waals surface area contributed by atoms with Crippen LogP contribution in [0.25, 0.3) is 21.9 Å². The van der Waals surface area contributed by atoms with Crippen molar-refractivity contribution in [2.75, 3.05) is 12.3 Å². The molecule has 0 aliphatic carbocycles. The average molecular weight is 353 g/mol. The normalized spacial score (nSPS) is 12.3. The second-order valence-corrected chi connectivity index (χ2v) is 6.46. The van der Waals surface area contributed by atoms with Crippen molar-refractivity contribution in [3.8, 4) is 16.9 Å². The number of anilines is 1. The van der Waals surface area contributed by atoms with Gasteiger partial charge in [-0.2, -0.15) is 0 Å². The van der Waals surface area contributed by atoms with Gasteiger partial charge in [0.1, 0.15) is 17.4 Å². The number of fused-ring (bicyclic) bond motifs is 1. The summed E-state index contributed by atoms with van der Waals surface area (Å²) in [5.41, 5.74) is 13.8. The van der Waals surface area contributed by atoms with Crippen LogP contribution >= 0.6 is 0 Å². The number of benzene rings is 2. The molecule has 2 aromatic carbocycles. The summed E-state index contributed by atoms with van der Waals surface area (Å²) < 4.78 is 20.7. The van der Waals surface area contributed by atoms with Gasteiger partial charge in [0.05, 0.1) is 6.10 Å². The van der Waals surface area contributed by atoms with Crippen LogP contribution in [0, 0.1) is 12.7 Å². The Kier molecular flexibility index (Phi) is 5.38. The summed E-state index contributed by atoms with van der Waals surface area (Å²) in [7, 11) is 0. The zero-order valence-corrected chi connectivity index (χ0v) is 15.1. The molecule has 1 heterocycles. The second-order valence-electron chi connectivity index (χ2n) is 6.46. The molecule has 0 radical (unpaired) electrons. The van der Waals surface area contributed by atoms with Crippen molar-refractivity contribution < 1.29 is 9.13 Å². The molecule has 0 saturated heterocycles. The number of rotatable bonds is 6. The van der Waals surface area contributed by atoms with Crippen molar-refractivity contribution in [3.63, 3.8) is 0 Å². The molecule has 0 aliphatic rings. The van der Waals surface area contributed by atoms with Crippen LogP contribution in [0.15, 0.2) is 42.6 Å². The van der Waals surface area contributed by atoms with Crippen LogP contribution in [0.5, 0.6) is 5.75 Å². The predicted molar refractivity (Wildman–Crippen MR) is 105 cm³/mol. The SMILES string of the molecule is CCC(CCN)Oc1cc(-c2c(C)cccc2F)cc2cnc(N)cc12. The minimum absolute atomic E-state index is 0.00504. The number of nitrogens with two attached hydrogens (primary N) is 2. The lowest BCUT2D eigenvalue weighted by molar-refractivity contribution is 0.192. The number of ether oxygens (including phenoxy) is 1. The molecule has 1 aromatic heterocycles. The van der Waals surface area contributed by atoms with Gasteiger partial charge in [0.15, 0.2) is 0 Å². The molecule has 3 aromatic rings. The van der Waals surface area contributed by atoms with E-state index in [-0.39, 0.29) is 11.9 Å². The van der Waals surface area contributed by atoms with E-state index < -0.39 is 0 Å². The highest BCUT2D eigenvalue weighted by Gasteiger charge is 2.15. The van der Waals surface area contributed by atoms with Crippen LogP contribution in [-0.2, 0) is 0 Å². The molecule has 3 rings (SSSR count). The predicted octanol–water partition coefficient (Wildman–Crippen LogP) is 4.44. The summed E-state index contributed by atoms with van der Waals surface area (Å²) in [6, 6.07) is 10.7. The number of halogens is 1. The highest BCUT2D eigenvalue weighted by molar-refractivity contribution is 5.94. The van der Waals surface area contributed by atoms with E-state index in [0.29, 0.717) is 23.7 Å². The zero-order valence-electron chi connectivity index (χ0n) is 15.1. The van der Waals surface area contributed by atoms with Crippen LogP contribution in [0.3, 0.4) is 0 Å². The van der Waals surface area contributed by atoms with Crippen LogP contribution in [-0.4, -0.2) is 17.6 Å². The fourth-order valence-electron chi connectivity index (χ4n) is 3.19. The van der Waals surface area contributed by atoms with Gasteiger partial charge in [0.2, 0.25) is 0 Å². The van der Waals surface area contributed by atoms with E-state index in [1.807, 2.05) is 25.1 Å². The molecule has 4 N–H and O–H groups in total. The van der Waals surface area contributed by atoms with Crippen molar-refractivity contribution >= 4 is 16.6 Å². The number of aromatic nitrogens is 1. The third-order valence-corrected chi connectivity index (χ3v) is 4.57. The molecular weight excluding hydrogens is 329 g/mol. The number of hydrogen-bond donors (Lipinski definition) is 2. The molecule has 0 saturated carbocycles. The maximum absolute atomic E-state index is 14.5. The van der Waals surface area contributed by atoms with E-state index in [9.17, 15) is 4.39 Å². The van der Waals surface area contributed by atoms with E-state index in [0.717, 1.165) is 34.7 Å². The second kappa shape index (κ2) is 7.70. The zero-order chi connectivity index (χ0) is 18.7. The van der Waals surface area contributed by atoms with Gasteiger partial charge in [0.25, 0.3) is 0 Å². The van der Waals surface area contributed by atoms with Gasteiger partial charge >= 0.3 is 0 Å². The number of nitrogen functional groups attached to an aromatic ring is 1. The minimum atomic E-state index is -0.257. The monoisotopic (exact) mass is 353 g/mol. The molecule has 0 bridgehead atoms. The maximum Gasteiger partial charge on any atom is 0.131 e. The Balaban J connectivity index is 2.19. The first-order chi connectivity index (χ1) is 12.5. The van der Waals surface area contributed by atoms with Gasteiger partial charge in [-0.05, 0) is 61.7 Å². The molecule has 136 valence electrons. The Bertz CT molecular complexity index is 906. The lowest BCUT2D eigenvalue weighted by Gasteiger charge is -2.20. The molecule has 5 heteroatoms. The number of pyridine rings is 1. The Morgan fingerprint density at radius 2 is 2.04 bits per heavy atom. The first kappa shape index (κ1) is 18.1. The highest BCUT2D eigenvalue weighted by Crippen LogP contribution is 2.36. The Morgan fingerprint density at radius 3 is 2.73 bits per heavy atom. The molecule has 0 spiro atoms. The van der Waals surface area contributed by atoms with Crippen LogP contribution in [0.2, 0.25) is 0 Å². The van der Waals surface area contributed by atoms with E-state index in [1.54, 1.807) is 18.3 Å². The first-order valence-electron chi connectivity index (χ1n) is 8.85. The van der Waals surface area contributed by atoms with Crippen molar-refractivity contribution in [3.05, 3.63) is 54.0 Å². The number of hydrogen-bond acceptors (Lipinski definition) is 4. The number of aryl methyl sites for hydroxylation is 1. The van der Waals surface area contributed by atoms with Crippen molar-refractivity contribution in [2.24, 2.45) is 5.73 Å². The van der Waals surface area contributed by atoms with E-state index in [4.69, 9.17) is 16.2 Å². The lowest BCUT2D eigenvalue weighted by Crippen LogP contribution is -2.20. The Morgan fingerprint density at radius 1 is 1.23 bits per heavy atom. The van der Waals surface area contributed by atoms with Crippen molar-refractivity contribution in [2.45, 2.75) is 32.8 Å². The summed E-state index contributed by atoms with van der Waals surface area (Å²) in [6.07, 6.45) is 3.28. The van der Waals surface area contributed by atoms with Crippen LogP contribution in [0.4, 0.5) is 10.2 Å². The Hall–Kier alpha value is -2.66. The quantitative estimate of drug-likeness (QED) is 0.687. The molecule has 1 atom stereocenters. The van der Waals surface area contributed by atoms with Gasteiger partial charge in [0, 0.05) is 22.5 Å². The van der Waals surface area contributed by atoms with Gasteiger partial charge in [-0.1, -0.05) is 19.1 Å². The van der Waals surface area contributed by atoms with Crippen molar-refractivity contribution in [1.29, 1.82) is 0 Å². The smallest absolute Gasteiger partial charge is 0.131 e. The fraction of sp³-hybridized carbons (Fsp3) is 0.286. The van der Waals surface area contributed by atoms with E-state index in [1.165, 1.54) is 6.07 Å². The van der Waals surface area contributed by atoms with Gasteiger partial charge in [-0.15, -0.1) is 0 Å². The molecular formula is C21H24FN3O. The minimum Gasteiger partial charge on any atom is -0.490 e. The third-order valence-electron chi connectivity index (χ3n) is 4.57. The molecule has 0 fully saturated rings. The van der Waals surface area contributed by atoms with Crippen molar-refractivity contribution in [1.82, 2.24) is 4.98 Å². The summed E-state index contributed by atoms with van der Waals surface area (Å²) in [5, 5.41) is 1.72. The van der Waals surface area contributed by atoms with E-state index >= 15 is 0 Å². The molecule has 26 heavy (non-hydrogen) atoms. The van der Waals surface area contributed by atoms with Gasteiger partial charge in [-0.25, -0.2) is 9.37 Å². The molecule has 0 aliphatic heterocycles. The average Bonchev–Trinajstić information content (AvgIpc) is 2.61. The highest BCUT2D eigenvalue weighted by atomic mass is 19.1. The third kappa shape index (κ3) is 3.63. The summed E-state index contributed by atoms with van der Waals surface area (Å²) in [4.78, 5) is 4.17. The molecule has 1 unspecified atom stereocenters. The molecule has 0 amide bonds. The Labute approximate surface area is 153 Å². The summed E-state index contributed by atoms with van der Waals surface area (Å²) >= 11 is 0. The summed E-state index contributed by atoms with van der Waals surface area (Å²) in [5.74, 6) is 0.839. The topological polar surface area (TPSA) is 74.2 Å². The largest absolute Gasteiger partial charge is 0.490 e. The van der Waals surface area contributed by atoms with Crippen LogP contribution < -0.4 is 16.2 Å².